The normalized spacial score (nSPS) is 31.9. The van der Waals surface area contributed by atoms with Gasteiger partial charge in [-0.3, -0.25) is 0 Å². The monoisotopic (exact) mass is 226 g/mol. The van der Waals surface area contributed by atoms with E-state index in [1.54, 1.807) is 13.4 Å². The van der Waals surface area contributed by atoms with Crippen LogP contribution in [0.5, 0.6) is 0 Å². The van der Waals surface area contributed by atoms with Crippen LogP contribution in [-0.2, 0) is 4.74 Å². The van der Waals surface area contributed by atoms with E-state index in [0.717, 1.165) is 38.0 Å². The third-order valence-electron chi connectivity index (χ3n) is 3.87. The lowest BCUT2D eigenvalue weighted by molar-refractivity contribution is -0.0228. The first-order chi connectivity index (χ1) is 7.37. The van der Waals surface area contributed by atoms with Crippen LogP contribution in [0.1, 0.15) is 52.9 Å². The Hall–Kier alpha value is -0.500. The molecular formula is C14H26O2. The summed E-state index contributed by atoms with van der Waals surface area (Å²) in [6.07, 6.45) is 8.43. The molecule has 2 nitrogen and oxygen atoms in total. The van der Waals surface area contributed by atoms with Gasteiger partial charge in [-0.05, 0) is 49.5 Å². The molecule has 0 atom stereocenters. The maximum absolute atomic E-state index is 10.4. The van der Waals surface area contributed by atoms with Crippen LogP contribution in [0.15, 0.2) is 12.3 Å². The minimum atomic E-state index is -0.489. The van der Waals surface area contributed by atoms with Gasteiger partial charge in [0.25, 0.3) is 0 Å². The number of ether oxygens (including phenoxy) is 1. The first-order valence-electron chi connectivity index (χ1n) is 6.27. The lowest BCUT2D eigenvalue weighted by Crippen LogP contribution is -2.37. The van der Waals surface area contributed by atoms with E-state index < -0.39 is 5.60 Å². The van der Waals surface area contributed by atoms with Crippen LogP contribution in [0.25, 0.3) is 0 Å². The van der Waals surface area contributed by atoms with E-state index in [2.05, 4.69) is 20.8 Å². The molecule has 1 aliphatic carbocycles. The minimum Gasteiger partial charge on any atom is -0.505 e. The molecule has 1 aliphatic rings. The van der Waals surface area contributed by atoms with Gasteiger partial charge in [-0.2, -0.15) is 0 Å². The molecule has 0 unspecified atom stereocenters. The highest BCUT2D eigenvalue weighted by Gasteiger charge is 2.36. The van der Waals surface area contributed by atoms with Gasteiger partial charge in [-0.15, -0.1) is 0 Å². The van der Waals surface area contributed by atoms with Crippen molar-refractivity contribution in [3.63, 3.8) is 0 Å². The average Bonchev–Trinajstić information content (AvgIpc) is 2.17. The summed E-state index contributed by atoms with van der Waals surface area (Å²) in [4.78, 5) is 0. The second kappa shape index (κ2) is 5.22. The lowest BCUT2D eigenvalue weighted by atomic mass is 9.68. The van der Waals surface area contributed by atoms with Gasteiger partial charge in [0.2, 0.25) is 0 Å². The van der Waals surface area contributed by atoms with E-state index in [-0.39, 0.29) is 0 Å². The highest BCUT2D eigenvalue weighted by atomic mass is 16.5. The van der Waals surface area contributed by atoms with E-state index in [4.69, 9.17) is 4.74 Å². The average molecular weight is 226 g/mol. The van der Waals surface area contributed by atoms with Gasteiger partial charge < -0.3 is 9.84 Å². The summed E-state index contributed by atoms with van der Waals surface area (Å²) in [6.45, 7) is 6.90. The molecule has 0 aromatic rings. The Bertz CT molecular complexity index is 230. The van der Waals surface area contributed by atoms with Crippen LogP contribution in [0, 0.1) is 11.3 Å². The van der Waals surface area contributed by atoms with E-state index in [9.17, 15) is 5.11 Å². The fourth-order valence-corrected chi connectivity index (χ4v) is 2.59. The van der Waals surface area contributed by atoms with Gasteiger partial charge in [-0.1, -0.05) is 20.8 Å². The molecule has 0 radical (unpaired) electrons. The Morgan fingerprint density at radius 3 is 2.31 bits per heavy atom. The maximum Gasteiger partial charge on any atom is 0.0785 e. The zero-order valence-electron chi connectivity index (χ0n) is 11.1. The Balaban J connectivity index is 2.44. The molecule has 0 bridgehead atoms. The minimum absolute atomic E-state index is 0.379. The van der Waals surface area contributed by atoms with Crippen LogP contribution in [0.3, 0.4) is 0 Å². The van der Waals surface area contributed by atoms with Crippen LogP contribution >= 0.6 is 0 Å². The molecule has 2 heteroatoms. The highest BCUT2D eigenvalue weighted by Crippen LogP contribution is 2.42. The Kier molecular flexibility index (Phi) is 4.43. The van der Waals surface area contributed by atoms with Crippen LogP contribution in [0.2, 0.25) is 0 Å². The Morgan fingerprint density at radius 1 is 1.31 bits per heavy atom. The topological polar surface area (TPSA) is 29.5 Å². The van der Waals surface area contributed by atoms with Crippen molar-refractivity contribution in [3.8, 4) is 0 Å². The third-order valence-corrected chi connectivity index (χ3v) is 3.87. The van der Waals surface area contributed by atoms with E-state index in [1.165, 1.54) is 0 Å². The first-order valence-corrected chi connectivity index (χ1v) is 6.27. The van der Waals surface area contributed by atoms with Crippen molar-refractivity contribution in [2.75, 3.05) is 7.11 Å². The molecular weight excluding hydrogens is 200 g/mol. The zero-order chi connectivity index (χ0) is 12.2. The van der Waals surface area contributed by atoms with E-state index in [0.29, 0.717) is 5.41 Å². The molecule has 0 saturated heterocycles. The molecule has 0 heterocycles. The smallest absolute Gasteiger partial charge is 0.0785 e. The van der Waals surface area contributed by atoms with Gasteiger partial charge in [0.15, 0.2) is 0 Å². The molecule has 1 rings (SSSR count). The summed E-state index contributed by atoms with van der Waals surface area (Å²) >= 11 is 0. The molecule has 16 heavy (non-hydrogen) atoms. The van der Waals surface area contributed by atoms with Gasteiger partial charge >= 0.3 is 0 Å². The summed E-state index contributed by atoms with van der Waals surface area (Å²) in [5.74, 6) is 0.749. The summed E-state index contributed by atoms with van der Waals surface area (Å²) in [5.41, 5.74) is -0.111. The maximum atomic E-state index is 10.4. The SMILES string of the molecule is CO/C=C\CC1(O)CCC(C(C)(C)C)CC1. The first kappa shape index (κ1) is 13.6. The fraction of sp³-hybridized carbons (Fsp3) is 0.857. The molecule has 0 spiro atoms. The lowest BCUT2D eigenvalue weighted by Gasteiger charge is -2.41. The second-order valence-corrected chi connectivity index (χ2v) is 6.18. The third kappa shape index (κ3) is 3.82. The predicted molar refractivity (Wildman–Crippen MR) is 67.1 cm³/mol. The van der Waals surface area contributed by atoms with Gasteiger partial charge in [0.1, 0.15) is 0 Å². The van der Waals surface area contributed by atoms with Crippen molar-refractivity contribution >= 4 is 0 Å². The van der Waals surface area contributed by atoms with Gasteiger partial charge in [0, 0.05) is 0 Å². The largest absolute Gasteiger partial charge is 0.505 e. The van der Waals surface area contributed by atoms with Crippen LogP contribution in [0.4, 0.5) is 0 Å². The number of rotatable bonds is 3. The molecule has 94 valence electrons. The number of methoxy groups -OCH3 is 1. The van der Waals surface area contributed by atoms with Crippen molar-refractivity contribution in [1.29, 1.82) is 0 Å². The summed E-state index contributed by atoms with van der Waals surface area (Å²) < 4.78 is 4.86. The predicted octanol–water partition coefficient (Wildman–Crippen LogP) is 3.50. The van der Waals surface area contributed by atoms with Crippen molar-refractivity contribution in [3.05, 3.63) is 12.3 Å². The zero-order valence-corrected chi connectivity index (χ0v) is 11.1. The standard InChI is InChI=1S/C14H26O2/c1-13(2,3)12-6-9-14(15,10-7-12)8-5-11-16-4/h5,11-12,15H,6-10H2,1-4H3/b11-5-. The van der Waals surface area contributed by atoms with Crippen LogP contribution < -0.4 is 0 Å². The summed E-state index contributed by atoms with van der Waals surface area (Å²) in [5, 5.41) is 10.4. The molecule has 1 fully saturated rings. The Morgan fingerprint density at radius 2 is 1.88 bits per heavy atom. The molecule has 0 aromatic carbocycles. The summed E-state index contributed by atoms with van der Waals surface area (Å²) in [6, 6.07) is 0. The quantitative estimate of drug-likeness (QED) is 0.746. The van der Waals surface area contributed by atoms with Crippen molar-refractivity contribution in [2.24, 2.45) is 11.3 Å². The van der Waals surface area contributed by atoms with Crippen molar-refractivity contribution in [1.82, 2.24) is 0 Å². The van der Waals surface area contributed by atoms with E-state index in [1.807, 2.05) is 6.08 Å². The van der Waals surface area contributed by atoms with Crippen LogP contribution in [-0.4, -0.2) is 17.8 Å². The Labute approximate surface area is 99.7 Å². The van der Waals surface area contributed by atoms with Crippen molar-refractivity contribution < 1.29 is 9.84 Å². The molecule has 0 aliphatic heterocycles. The molecule has 1 saturated carbocycles. The molecule has 0 amide bonds. The molecule has 0 aromatic heterocycles. The number of hydrogen-bond donors (Lipinski definition) is 1. The fourth-order valence-electron chi connectivity index (χ4n) is 2.59. The number of aliphatic hydroxyl groups is 1. The van der Waals surface area contributed by atoms with Gasteiger partial charge in [0.05, 0.1) is 19.0 Å². The summed E-state index contributed by atoms with van der Waals surface area (Å²) in [7, 11) is 1.64. The highest BCUT2D eigenvalue weighted by molar-refractivity contribution is 4.94. The second-order valence-electron chi connectivity index (χ2n) is 6.18. The van der Waals surface area contributed by atoms with Gasteiger partial charge in [-0.25, -0.2) is 0 Å². The molecule has 1 N–H and O–H groups in total. The number of hydrogen-bond acceptors (Lipinski definition) is 2. The van der Waals surface area contributed by atoms with E-state index >= 15 is 0 Å². The van der Waals surface area contributed by atoms with Crippen molar-refractivity contribution in [2.45, 2.75) is 58.5 Å².